The lowest BCUT2D eigenvalue weighted by molar-refractivity contribution is -0.122. The second-order valence-electron chi connectivity index (χ2n) is 5.22. The van der Waals surface area contributed by atoms with Gasteiger partial charge in [-0.15, -0.1) is 12.4 Å². The first-order valence-corrected chi connectivity index (χ1v) is 6.64. The highest BCUT2D eigenvalue weighted by atomic mass is 35.5. The van der Waals surface area contributed by atoms with E-state index in [1.165, 1.54) is 12.1 Å². The number of amides is 1. The summed E-state index contributed by atoms with van der Waals surface area (Å²) < 4.78 is 18.6. The Morgan fingerprint density at radius 3 is 2.90 bits per heavy atom. The minimum Gasteiger partial charge on any atom is -0.489 e. The average molecular weight is 301 g/mol. The summed E-state index contributed by atoms with van der Waals surface area (Å²) in [6, 6.07) is 4.42. The zero-order valence-corrected chi connectivity index (χ0v) is 11.9. The van der Waals surface area contributed by atoms with E-state index in [2.05, 4.69) is 0 Å². The Labute approximate surface area is 123 Å². The Kier molecular flexibility index (Phi) is 4.50. The molecule has 1 aliphatic carbocycles. The lowest BCUT2D eigenvalue weighted by Gasteiger charge is -2.31. The van der Waals surface area contributed by atoms with E-state index >= 15 is 0 Å². The van der Waals surface area contributed by atoms with Crippen molar-refractivity contribution >= 4 is 24.0 Å². The third-order valence-corrected chi connectivity index (χ3v) is 3.87. The number of fused-ring (bicyclic) bond motifs is 1. The number of carbonyl (C=O) groups is 1. The summed E-state index contributed by atoms with van der Waals surface area (Å²) in [7, 11) is 0. The molecular weight excluding hydrogens is 283 g/mol. The number of hydrogen-bond acceptors (Lipinski definition) is 3. The maximum absolute atomic E-state index is 13.2. The van der Waals surface area contributed by atoms with Gasteiger partial charge in [-0.05, 0) is 31.4 Å². The van der Waals surface area contributed by atoms with Crippen molar-refractivity contribution in [3.8, 4) is 5.75 Å². The van der Waals surface area contributed by atoms with E-state index in [0.717, 1.165) is 19.3 Å². The van der Waals surface area contributed by atoms with Gasteiger partial charge >= 0.3 is 0 Å². The van der Waals surface area contributed by atoms with Gasteiger partial charge in [0.25, 0.3) is 0 Å². The summed E-state index contributed by atoms with van der Waals surface area (Å²) in [4.78, 5) is 14.2. The summed E-state index contributed by atoms with van der Waals surface area (Å²) in [5, 5.41) is 0. The number of rotatable bonds is 1. The van der Waals surface area contributed by atoms with Gasteiger partial charge in [0, 0.05) is 18.0 Å². The number of carbonyl (C=O) groups excluding carboxylic acids is 1. The summed E-state index contributed by atoms with van der Waals surface area (Å²) in [5.41, 5.74) is 6.53. The van der Waals surface area contributed by atoms with Crippen LogP contribution in [-0.4, -0.2) is 25.1 Å². The molecule has 20 heavy (non-hydrogen) atoms. The van der Waals surface area contributed by atoms with Crippen LogP contribution in [0.15, 0.2) is 18.2 Å². The van der Waals surface area contributed by atoms with Gasteiger partial charge in [-0.3, -0.25) is 4.79 Å². The lowest BCUT2D eigenvalue weighted by atomic mass is 10.1. The fraction of sp³-hybridized carbons (Fsp3) is 0.500. The van der Waals surface area contributed by atoms with Gasteiger partial charge in [0.05, 0.1) is 12.2 Å². The van der Waals surface area contributed by atoms with Crippen LogP contribution >= 0.6 is 12.4 Å². The van der Waals surface area contributed by atoms with Gasteiger partial charge in [-0.2, -0.15) is 0 Å². The molecule has 3 rings (SSSR count). The van der Waals surface area contributed by atoms with E-state index in [1.807, 2.05) is 0 Å². The number of halogens is 2. The van der Waals surface area contributed by atoms with Crippen LogP contribution in [0.1, 0.15) is 19.3 Å². The summed E-state index contributed by atoms with van der Waals surface area (Å²) in [6.07, 6.45) is 2.48. The predicted molar refractivity (Wildman–Crippen MR) is 76.8 cm³/mol. The molecule has 1 aromatic carbocycles. The Bertz CT molecular complexity index is 512. The first kappa shape index (κ1) is 15.1. The molecule has 4 nitrogen and oxygen atoms in total. The molecule has 2 aliphatic rings. The van der Waals surface area contributed by atoms with Gasteiger partial charge in [-0.25, -0.2) is 4.39 Å². The number of ether oxygens (including phenoxy) is 1. The SMILES string of the molecule is Cl.NC1CCC(C(=O)N2CCOc3cc(F)ccc32)C1. The first-order chi connectivity index (χ1) is 9.15. The molecule has 1 aliphatic heterocycles. The summed E-state index contributed by atoms with van der Waals surface area (Å²) in [5.74, 6) is 0.174. The molecule has 1 amide bonds. The van der Waals surface area contributed by atoms with Crippen molar-refractivity contribution in [1.29, 1.82) is 0 Å². The molecule has 1 heterocycles. The number of nitrogens with two attached hydrogens (primary N) is 1. The molecule has 2 N–H and O–H groups in total. The molecule has 1 aromatic rings. The third kappa shape index (κ3) is 2.74. The van der Waals surface area contributed by atoms with Gasteiger partial charge in [-0.1, -0.05) is 0 Å². The monoisotopic (exact) mass is 300 g/mol. The fourth-order valence-electron chi connectivity index (χ4n) is 2.88. The van der Waals surface area contributed by atoms with Crippen molar-refractivity contribution < 1.29 is 13.9 Å². The van der Waals surface area contributed by atoms with E-state index in [0.29, 0.717) is 24.6 Å². The van der Waals surface area contributed by atoms with Crippen LogP contribution in [-0.2, 0) is 4.79 Å². The quantitative estimate of drug-likeness (QED) is 0.864. The second kappa shape index (κ2) is 5.97. The van der Waals surface area contributed by atoms with Crippen LogP contribution in [0.4, 0.5) is 10.1 Å². The number of hydrogen-bond donors (Lipinski definition) is 1. The van der Waals surface area contributed by atoms with Crippen LogP contribution in [0.25, 0.3) is 0 Å². The molecular formula is C14H18ClFN2O2. The molecule has 0 saturated heterocycles. The lowest BCUT2D eigenvalue weighted by Crippen LogP contribution is -2.41. The first-order valence-electron chi connectivity index (χ1n) is 6.64. The Hall–Kier alpha value is -1.33. The second-order valence-corrected chi connectivity index (χ2v) is 5.22. The van der Waals surface area contributed by atoms with E-state index in [-0.39, 0.29) is 36.1 Å². The molecule has 0 aromatic heterocycles. The van der Waals surface area contributed by atoms with Crippen molar-refractivity contribution in [2.75, 3.05) is 18.1 Å². The highest BCUT2D eigenvalue weighted by Gasteiger charge is 2.33. The van der Waals surface area contributed by atoms with Gasteiger partial charge in [0.15, 0.2) is 0 Å². The molecule has 6 heteroatoms. The normalized spacial score (nSPS) is 24.6. The van der Waals surface area contributed by atoms with E-state index < -0.39 is 0 Å². The zero-order valence-electron chi connectivity index (χ0n) is 11.0. The highest BCUT2D eigenvalue weighted by molar-refractivity contribution is 5.97. The van der Waals surface area contributed by atoms with Gasteiger partial charge in [0.1, 0.15) is 18.2 Å². The van der Waals surface area contributed by atoms with Crippen LogP contribution in [0, 0.1) is 11.7 Å². The summed E-state index contributed by atoms with van der Waals surface area (Å²) >= 11 is 0. The molecule has 1 fully saturated rings. The standard InChI is InChI=1S/C14H17FN2O2.ClH/c15-10-2-4-12-13(8-10)19-6-5-17(12)14(18)9-1-3-11(16)7-9;/h2,4,8-9,11H,1,3,5-7,16H2;1H. The van der Waals surface area contributed by atoms with E-state index in [1.54, 1.807) is 11.0 Å². The Morgan fingerprint density at radius 1 is 1.40 bits per heavy atom. The molecule has 2 atom stereocenters. The van der Waals surface area contributed by atoms with Gasteiger partial charge < -0.3 is 15.4 Å². The molecule has 110 valence electrons. The number of benzene rings is 1. The van der Waals surface area contributed by atoms with Crippen molar-refractivity contribution in [3.63, 3.8) is 0 Å². The predicted octanol–water partition coefficient (Wildman–Crippen LogP) is 2.10. The minimum absolute atomic E-state index is 0. The number of nitrogens with zero attached hydrogens (tertiary/aromatic N) is 1. The zero-order chi connectivity index (χ0) is 13.4. The van der Waals surface area contributed by atoms with Crippen LogP contribution in [0.5, 0.6) is 5.75 Å². The topological polar surface area (TPSA) is 55.6 Å². The summed E-state index contributed by atoms with van der Waals surface area (Å²) in [6.45, 7) is 0.921. The molecule has 0 spiro atoms. The molecule has 0 radical (unpaired) electrons. The van der Waals surface area contributed by atoms with E-state index in [9.17, 15) is 9.18 Å². The van der Waals surface area contributed by atoms with Crippen molar-refractivity contribution in [3.05, 3.63) is 24.0 Å². The van der Waals surface area contributed by atoms with Crippen LogP contribution in [0.2, 0.25) is 0 Å². The molecule has 2 unspecified atom stereocenters. The third-order valence-electron chi connectivity index (χ3n) is 3.87. The van der Waals surface area contributed by atoms with Crippen molar-refractivity contribution in [2.45, 2.75) is 25.3 Å². The average Bonchev–Trinajstić information content (AvgIpc) is 2.83. The van der Waals surface area contributed by atoms with Crippen LogP contribution < -0.4 is 15.4 Å². The molecule has 0 bridgehead atoms. The van der Waals surface area contributed by atoms with Crippen molar-refractivity contribution in [2.24, 2.45) is 11.7 Å². The minimum atomic E-state index is -0.351. The number of anilines is 1. The van der Waals surface area contributed by atoms with Crippen molar-refractivity contribution in [1.82, 2.24) is 0 Å². The molecule has 1 saturated carbocycles. The Morgan fingerprint density at radius 2 is 2.20 bits per heavy atom. The Balaban J connectivity index is 0.00000147. The van der Waals surface area contributed by atoms with Crippen LogP contribution in [0.3, 0.4) is 0 Å². The maximum Gasteiger partial charge on any atom is 0.230 e. The fourth-order valence-corrected chi connectivity index (χ4v) is 2.88. The van der Waals surface area contributed by atoms with Gasteiger partial charge in [0.2, 0.25) is 5.91 Å². The highest BCUT2D eigenvalue weighted by Crippen LogP contribution is 2.35. The smallest absolute Gasteiger partial charge is 0.230 e. The maximum atomic E-state index is 13.2. The van der Waals surface area contributed by atoms with E-state index in [4.69, 9.17) is 10.5 Å². The largest absolute Gasteiger partial charge is 0.489 e.